The number of nitrogens with zero attached hydrogens (tertiary/aromatic N) is 3. The summed E-state index contributed by atoms with van der Waals surface area (Å²) in [7, 11) is 5.10. The average molecular weight is 324 g/mol. The SMILES string of the molecule is CNC(=O)C1CN(C)CCN(C(=O)CCc2cc(OC)no2)C1. The molecule has 8 nitrogen and oxygen atoms in total. The molecule has 1 aliphatic rings. The van der Waals surface area contributed by atoms with Crippen molar-refractivity contribution in [3.8, 4) is 5.88 Å². The highest BCUT2D eigenvalue weighted by Crippen LogP contribution is 2.14. The molecule has 2 amide bonds. The maximum absolute atomic E-state index is 12.4. The number of carbonyl (C=O) groups excluding carboxylic acids is 2. The number of likely N-dealkylation sites (N-methyl/N-ethyl adjacent to an activating group) is 1. The van der Waals surface area contributed by atoms with Gasteiger partial charge in [-0.1, -0.05) is 0 Å². The third kappa shape index (κ3) is 4.69. The van der Waals surface area contributed by atoms with Crippen LogP contribution in [0.3, 0.4) is 0 Å². The number of methoxy groups -OCH3 is 1. The molecule has 0 aliphatic carbocycles. The number of amides is 2. The van der Waals surface area contributed by atoms with E-state index >= 15 is 0 Å². The smallest absolute Gasteiger partial charge is 0.254 e. The molecular weight excluding hydrogens is 300 g/mol. The van der Waals surface area contributed by atoms with E-state index < -0.39 is 0 Å². The Morgan fingerprint density at radius 2 is 2.22 bits per heavy atom. The van der Waals surface area contributed by atoms with Crippen molar-refractivity contribution in [3.05, 3.63) is 11.8 Å². The maximum atomic E-state index is 12.4. The molecule has 1 saturated heterocycles. The Bertz CT molecular complexity index is 545. The minimum Gasteiger partial charge on any atom is -0.479 e. The van der Waals surface area contributed by atoms with E-state index in [9.17, 15) is 9.59 Å². The van der Waals surface area contributed by atoms with Crippen molar-refractivity contribution in [2.45, 2.75) is 12.8 Å². The van der Waals surface area contributed by atoms with Crippen molar-refractivity contribution in [1.29, 1.82) is 0 Å². The molecule has 1 aromatic heterocycles. The van der Waals surface area contributed by atoms with Crippen LogP contribution in [0.1, 0.15) is 12.2 Å². The lowest BCUT2D eigenvalue weighted by Crippen LogP contribution is -2.41. The molecule has 0 spiro atoms. The van der Waals surface area contributed by atoms with Crippen LogP contribution in [0.5, 0.6) is 5.88 Å². The first kappa shape index (κ1) is 17.3. The molecule has 2 heterocycles. The van der Waals surface area contributed by atoms with Gasteiger partial charge in [0, 0.05) is 52.1 Å². The van der Waals surface area contributed by atoms with Crippen LogP contribution in [-0.4, -0.2) is 74.2 Å². The zero-order chi connectivity index (χ0) is 16.8. The number of nitrogens with one attached hydrogen (secondary N) is 1. The Labute approximate surface area is 135 Å². The summed E-state index contributed by atoms with van der Waals surface area (Å²) < 4.78 is 10.0. The lowest BCUT2D eigenvalue weighted by Gasteiger charge is -2.23. The van der Waals surface area contributed by atoms with Gasteiger partial charge < -0.3 is 24.4 Å². The van der Waals surface area contributed by atoms with Crippen LogP contribution in [0, 0.1) is 5.92 Å². The average Bonchev–Trinajstić information content (AvgIpc) is 2.93. The highest BCUT2D eigenvalue weighted by molar-refractivity contribution is 5.81. The molecule has 1 N–H and O–H groups in total. The van der Waals surface area contributed by atoms with Gasteiger partial charge in [-0.05, 0) is 12.2 Å². The largest absolute Gasteiger partial charge is 0.479 e. The molecule has 0 saturated carbocycles. The van der Waals surface area contributed by atoms with Crippen LogP contribution in [0.15, 0.2) is 10.6 Å². The molecular formula is C15H24N4O4. The van der Waals surface area contributed by atoms with E-state index in [4.69, 9.17) is 9.26 Å². The van der Waals surface area contributed by atoms with Crippen LogP contribution >= 0.6 is 0 Å². The van der Waals surface area contributed by atoms with Gasteiger partial charge in [-0.25, -0.2) is 0 Å². The number of ether oxygens (including phenoxy) is 1. The van der Waals surface area contributed by atoms with E-state index in [2.05, 4.69) is 15.4 Å². The molecule has 0 bridgehead atoms. The zero-order valence-corrected chi connectivity index (χ0v) is 13.9. The zero-order valence-electron chi connectivity index (χ0n) is 13.9. The van der Waals surface area contributed by atoms with Gasteiger partial charge in [0.05, 0.1) is 13.0 Å². The van der Waals surface area contributed by atoms with Gasteiger partial charge in [0.2, 0.25) is 11.8 Å². The summed E-state index contributed by atoms with van der Waals surface area (Å²) in [6.45, 7) is 2.49. The molecule has 2 rings (SSSR count). The number of aryl methyl sites for hydroxylation is 1. The van der Waals surface area contributed by atoms with E-state index in [1.807, 2.05) is 7.05 Å². The second-order valence-electron chi connectivity index (χ2n) is 5.75. The predicted molar refractivity (Wildman–Crippen MR) is 83.0 cm³/mol. The van der Waals surface area contributed by atoms with Crippen molar-refractivity contribution < 1.29 is 18.8 Å². The molecule has 0 aromatic carbocycles. The molecule has 8 heteroatoms. The van der Waals surface area contributed by atoms with E-state index in [0.717, 1.165) is 6.54 Å². The summed E-state index contributed by atoms with van der Waals surface area (Å²) in [6, 6.07) is 1.68. The molecule has 1 unspecified atom stereocenters. The Hall–Kier alpha value is -2.09. The standard InChI is InChI=1S/C15H24N4O4/c1-16-15(21)11-9-18(2)6-7-19(10-11)14(20)5-4-12-8-13(22-3)17-23-12/h8,11H,4-7,9-10H2,1-3H3,(H,16,21). The first-order chi connectivity index (χ1) is 11.0. The monoisotopic (exact) mass is 324 g/mol. The van der Waals surface area contributed by atoms with Crippen molar-refractivity contribution in [1.82, 2.24) is 20.3 Å². The fourth-order valence-electron chi connectivity index (χ4n) is 2.67. The molecule has 0 radical (unpaired) electrons. The van der Waals surface area contributed by atoms with Crippen LogP contribution in [0.25, 0.3) is 0 Å². The van der Waals surface area contributed by atoms with Gasteiger partial charge in [-0.15, -0.1) is 0 Å². The van der Waals surface area contributed by atoms with E-state index in [1.165, 1.54) is 7.11 Å². The van der Waals surface area contributed by atoms with Crippen LogP contribution < -0.4 is 10.1 Å². The fourth-order valence-corrected chi connectivity index (χ4v) is 2.67. The Kier molecular flexibility index (Phi) is 5.97. The van der Waals surface area contributed by atoms with Gasteiger partial charge in [-0.3, -0.25) is 9.59 Å². The third-order valence-corrected chi connectivity index (χ3v) is 4.03. The van der Waals surface area contributed by atoms with Gasteiger partial charge >= 0.3 is 0 Å². The van der Waals surface area contributed by atoms with Crippen LogP contribution in [0.2, 0.25) is 0 Å². The van der Waals surface area contributed by atoms with E-state index in [1.54, 1.807) is 18.0 Å². The van der Waals surface area contributed by atoms with Crippen molar-refractivity contribution in [2.75, 3.05) is 47.4 Å². The molecule has 128 valence electrons. The number of carbonyl (C=O) groups is 2. The minimum atomic E-state index is -0.207. The summed E-state index contributed by atoms with van der Waals surface area (Å²) in [6.07, 6.45) is 0.786. The van der Waals surface area contributed by atoms with Gasteiger partial charge in [0.1, 0.15) is 5.76 Å². The third-order valence-electron chi connectivity index (χ3n) is 4.03. The fraction of sp³-hybridized carbons (Fsp3) is 0.667. The molecule has 1 aromatic rings. The summed E-state index contributed by atoms with van der Waals surface area (Å²) >= 11 is 0. The summed E-state index contributed by atoms with van der Waals surface area (Å²) in [5.74, 6) is 0.802. The van der Waals surface area contributed by atoms with Crippen LogP contribution in [-0.2, 0) is 16.0 Å². The number of aromatic nitrogens is 1. The second-order valence-corrected chi connectivity index (χ2v) is 5.75. The highest BCUT2D eigenvalue weighted by Gasteiger charge is 2.28. The Morgan fingerprint density at radius 1 is 1.43 bits per heavy atom. The topological polar surface area (TPSA) is 87.9 Å². The van der Waals surface area contributed by atoms with Crippen molar-refractivity contribution in [3.63, 3.8) is 0 Å². The highest BCUT2D eigenvalue weighted by atomic mass is 16.5. The van der Waals surface area contributed by atoms with Crippen molar-refractivity contribution in [2.24, 2.45) is 5.92 Å². The predicted octanol–water partition coefficient (Wildman–Crippen LogP) is -0.248. The Morgan fingerprint density at radius 3 is 2.87 bits per heavy atom. The van der Waals surface area contributed by atoms with Gasteiger partial charge in [0.25, 0.3) is 5.88 Å². The maximum Gasteiger partial charge on any atom is 0.254 e. The molecule has 1 aliphatic heterocycles. The molecule has 23 heavy (non-hydrogen) atoms. The molecule has 1 fully saturated rings. The normalized spacial score (nSPS) is 19.3. The number of hydrogen-bond acceptors (Lipinski definition) is 6. The van der Waals surface area contributed by atoms with E-state index in [-0.39, 0.29) is 17.7 Å². The van der Waals surface area contributed by atoms with Crippen molar-refractivity contribution >= 4 is 11.8 Å². The number of rotatable bonds is 5. The number of hydrogen-bond donors (Lipinski definition) is 1. The summed E-state index contributed by atoms with van der Waals surface area (Å²) in [5.41, 5.74) is 0. The lowest BCUT2D eigenvalue weighted by molar-refractivity contribution is -0.132. The first-order valence-corrected chi connectivity index (χ1v) is 7.71. The molecule has 1 atom stereocenters. The van der Waals surface area contributed by atoms with Gasteiger partial charge in [0.15, 0.2) is 0 Å². The Balaban J connectivity index is 1.92. The summed E-state index contributed by atoms with van der Waals surface area (Å²) in [5, 5.41) is 6.38. The minimum absolute atomic E-state index is 0.0181. The van der Waals surface area contributed by atoms with E-state index in [0.29, 0.717) is 44.1 Å². The lowest BCUT2D eigenvalue weighted by atomic mass is 10.1. The summed E-state index contributed by atoms with van der Waals surface area (Å²) in [4.78, 5) is 28.2. The quantitative estimate of drug-likeness (QED) is 0.804. The van der Waals surface area contributed by atoms with Gasteiger partial charge in [-0.2, -0.15) is 0 Å². The van der Waals surface area contributed by atoms with Crippen LogP contribution in [0.4, 0.5) is 0 Å². The first-order valence-electron chi connectivity index (χ1n) is 7.71. The second kappa shape index (κ2) is 7.96.